The van der Waals surface area contributed by atoms with E-state index in [0.717, 1.165) is 11.2 Å². The van der Waals surface area contributed by atoms with Crippen LogP contribution in [0.3, 0.4) is 0 Å². The van der Waals surface area contributed by atoms with Gasteiger partial charge in [-0.05, 0) is 50.5 Å². The van der Waals surface area contributed by atoms with E-state index in [9.17, 15) is 0 Å². The molecule has 0 aliphatic rings. The zero-order valence-corrected chi connectivity index (χ0v) is 9.18. The zero-order chi connectivity index (χ0) is 10.3. The third-order valence-corrected chi connectivity index (χ3v) is 2.95. The molecule has 0 aliphatic heterocycles. The number of aryl methyl sites for hydroxylation is 3. The predicted octanol–water partition coefficient (Wildman–Crippen LogP) is 3.47. The molecule has 0 atom stereocenters. The van der Waals surface area contributed by atoms with Crippen molar-refractivity contribution < 1.29 is 0 Å². The number of fused-ring (bicyclic) bond motifs is 1. The van der Waals surface area contributed by atoms with Crippen molar-refractivity contribution in [3.05, 3.63) is 40.6 Å². The second kappa shape index (κ2) is 3.09. The maximum atomic E-state index is 4.60. The molecule has 2 aromatic rings. The van der Waals surface area contributed by atoms with Gasteiger partial charge in [0.15, 0.2) is 0 Å². The minimum absolute atomic E-state index is 1.12. The number of rotatable bonds is 0. The number of pyridine rings is 1. The molecule has 14 heavy (non-hydrogen) atoms. The Morgan fingerprint density at radius 3 is 2.36 bits per heavy atom. The van der Waals surface area contributed by atoms with Crippen LogP contribution in [-0.2, 0) is 0 Å². The molecule has 1 aromatic carbocycles. The van der Waals surface area contributed by atoms with Crippen molar-refractivity contribution in [3.63, 3.8) is 0 Å². The van der Waals surface area contributed by atoms with Crippen LogP contribution in [0, 0.1) is 27.7 Å². The Kier molecular flexibility index (Phi) is 2.03. The zero-order valence-electron chi connectivity index (χ0n) is 9.18. The normalized spacial score (nSPS) is 10.9. The lowest BCUT2D eigenvalue weighted by atomic mass is 10.0. The fourth-order valence-corrected chi connectivity index (χ4v) is 1.79. The van der Waals surface area contributed by atoms with Crippen LogP contribution in [0.4, 0.5) is 0 Å². The molecule has 0 unspecified atom stereocenters. The van der Waals surface area contributed by atoms with Crippen molar-refractivity contribution in [2.24, 2.45) is 0 Å². The van der Waals surface area contributed by atoms with Gasteiger partial charge >= 0.3 is 0 Å². The number of hydrogen-bond acceptors (Lipinski definition) is 1. The van der Waals surface area contributed by atoms with Gasteiger partial charge in [-0.2, -0.15) is 0 Å². The molecule has 0 saturated heterocycles. The van der Waals surface area contributed by atoms with Crippen molar-refractivity contribution in [2.75, 3.05) is 0 Å². The van der Waals surface area contributed by atoms with Gasteiger partial charge in [0, 0.05) is 11.1 Å². The van der Waals surface area contributed by atoms with Crippen LogP contribution in [-0.4, -0.2) is 4.98 Å². The number of aromatic nitrogens is 1. The third-order valence-electron chi connectivity index (χ3n) is 2.95. The van der Waals surface area contributed by atoms with Gasteiger partial charge in [-0.3, -0.25) is 4.98 Å². The van der Waals surface area contributed by atoms with E-state index >= 15 is 0 Å². The lowest BCUT2D eigenvalue weighted by Gasteiger charge is -2.08. The molecule has 0 saturated carbocycles. The third kappa shape index (κ3) is 1.29. The largest absolute Gasteiger partial charge is 0.253 e. The summed E-state index contributed by atoms with van der Waals surface area (Å²) in [6.07, 6.45) is 0. The van der Waals surface area contributed by atoms with Crippen LogP contribution in [0.15, 0.2) is 18.2 Å². The van der Waals surface area contributed by atoms with E-state index in [1.165, 1.54) is 22.1 Å². The van der Waals surface area contributed by atoms with Crippen LogP contribution in [0.25, 0.3) is 10.9 Å². The topological polar surface area (TPSA) is 12.9 Å². The average Bonchev–Trinajstić information content (AvgIpc) is 2.14. The molecule has 0 spiro atoms. The summed E-state index contributed by atoms with van der Waals surface area (Å²) in [4.78, 5) is 4.60. The van der Waals surface area contributed by atoms with Crippen molar-refractivity contribution >= 4 is 10.9 Å². The lowest BCUT2D eigenvalue weighted by molar-refractivity contribution is 1.16. The van der Waals surface area contributed by atoms with E-state index in [4.69, 9.17) is 0 Å². The van der Waals surface area contributed by atoms with E-state index in [0.29, 0.717) is 0 Å². The van der Waals surface area contributed by atoms with Gasteiger partial charge in [0.2, 0.25) is 0 Å². The van der Waals surface area contributed by atoms with Crippen LogP contribution in [0.1, 0.15) is 22.4 Å². The summed E-state index contributed by atoms with van der Waals surface area (Å²) in [5.41, 5.74) is 6.19. The Morgan fingerprint density at radius 2 is 1.64 bits per heavy atom. The van der Waals surface area contributed by atoms with Crippen molar-refractivity contribution in [1.82, 2.24) is 4.98 Å². The molecule has 1 heteroatoms. The predicted molar refractivity (Wildman–Crippen MR) is 60.7 cm³/mol. The number of hydrogen-bond donors (Lipinski definition) is 0. The Bertz CT molecular complexity index is 498. The van der Waals surface area contributed by atoms with Gasteiger partial charge in [-0.15, -0.1) is 0 Å². The summed E-state index contributed by atoms with van der Waals surface area (Å²) in [5.74, 6) is 0. The smallest absolute Gasteiger partial charge is 0.0710 e. The highest BCUT2D eigenvalue weighted by Crippen LogP contribution is 2.22. The first-order chi connectivity index (χ1) is 6.59. The SMILES string of the molecule is Cc1ccc2c(C)c(C)c(C)nc2c1. The molecule has 1 nitrogen and oxygen atoms in total. The Morgan fingerprint density at radius 1 is 0.929 bits per heavy atom. The monoisotopic (exact) mass is 185 g/mol. The summed E-state index contributed by atoms with van der Waals surface area (Å²) in [6.45, 7) is 8.48. The Balaban J connectivity index is 2.91. The summed E-state index contributed by atoms with van der Waals surface area (Å²) >= 11 is 0. The fourth-order valence-electron chi connectivity index (χ4n) is 1.79. The minimum Gasteiger partial charge on any atom is -0.253 e. The molecular weight excluding hydrogens is 170 g/mol. The first-order valence-corrected chi connectivity index (χ1v) is 4.94. The maximum absolute atomic E-state index is 4.60. The quantitative estimate of drug-likeness (QED) is 0.612. The highest BCUT2D eigenvalue weighted by Gasteiger charge is 2.04. The van der Waals surface area contributed by atoms with Crippen LogP contribution < -0.4 is 0 Å². The van der Waals surface area contributed by atoms with Crippen LogP contribution in [0.2, 0.25) is 0 Å². The van der Waals surface area contributed by atoms with Crippen molar-refractivity contribution in [1.29, 1.82) is 0 Å². The van der Waals surface area contributed by atoms with E-state index in [-0.39, 0.29) is 0 Å². The van der Waals surface area contributed by atoms with Gasteiger partial charge in [0.1, 0.15) is 0 Å². The Hall–Kier alpha value is -1.37. The molecule has 0 aliphatic carbocycles. The van der Waals surface area contributed by atoms with Gasteiger partial charge in [-0.25, -0.2) is 0 Å². The van der Waals surface area contributed by atoms with Crippen molar-refractivity contribution in [3.8, 4) is 0 Å². The Labute approximate surface area is 84.8 Å². The minimum atomic E-state index is 1.12. The standard InChI is InChI=1S/C13H15N/c1-8-5-6-12-10(3)9(2)11(4)14-13(12)7-8/h5-7H,1-4H3. The van der Waals surface area contributed by atoms with Gasteiger partial charge in [0.05, 0.1) is 5.52 Å². The van der Waals surface area contributed by atoms with Gasteiger partial charge in [0.25, 0.3) is 0 Å². The summed E-state index contributed by atoms with van der Waals surface area (Å²) in [5, 5.41) is 1.28. The van der Waals surface area contributed by atoms with E-state index in [1.807, 2.05) is 0 Å². The first-order valence-electron chi connectivity index (χ1n) is 4.94. The van der Waals surface area contributed by atoms with Gasteiger partial charge in [-0.1, -0.05) is 12.1 Å². The molecule has 1 heterocycles. The summed E-state index contributed by atoms with van der Waals surface area (Å²) in [7, 11) is 0. The molecule has 0 N–H and O–H groups in total. The van der Waals surface area contributed by atoms with Crippen LogP contribution in [0.5, 0.6) is 0 Å². The van der Waals surface area contributed by atoms with E-state index < -0.39 is 0 Å². The molecule has 0 fully saturated rings. The molecule has 0 amide bonds. The van der Waals surface area contributed by atoms with Crippen molar-refractivity contribution in [2.45, 2.75) is 27.7 Å². The number of nitrogens with zero attached hydrogens (tertiary/aromatic N) is 1. The molecule has 2 rings (SSSR count). The highest BCUT2D eigenvalue weighted by molar-refractivity contribution is 5.83. The second-order valence-electron chi connectivity index (χ2n) is 3.97. The van der Waals surface area contributed by atoms with Gasteiger partial charge < -0.3 is 0 Å². The highest BCUT2D eigenvalue weighted by atomic mass is 14.7. The van der Waals surface area contributed by atoms with Crippen LogP contribution >= 0.6 is 0 Å². The van der Waals surface area contributed by atoms with E-state index in [2.05, 4.69) is 50.9 Å². The second-order valence-corrected chi connectivity index (χ2v) is 3.97. The first kappa shape index (κ1) is 9.20. The summed E-state index contributed by atoms with van der Waals surface area (Å²) in [6, 6.07) is 6.46. The summed E-state index contributed by atoms with van der Waals surface area (Å²) < 4.78 is 0. The lowest BCUT2D eigenvalue weighted by Crippen LogP contribution is -1.93. The van der Waals surface area contributed by atoms with E-state index in [1.54, 1.807) is 0 Å². The molecule has 0 bridgehead atoms. The molecule has 0 radical (unpaired) electrons. The molecular formula is C13H15N. The maximum Gasteiger partial charge on any atom is 0.0710 e. The molecule has 72 valence electrons. The number of benzene rings is 1. The molecule has 1 aromatic heterocycles. The fraction of sp³-hybridized carbons (Fsp3) is 0.308. The average molecular weight is 185 g/mol.